The number of rotatable bonds is 5. The number of morpholine rings is 1. The number of guanidine groups is 1. The first-order valence-corrected chi connectivity index (χ1v) is 8.80. The Hall–Kier alpha value is -1.55. The number of nitrogens with zero attached hydrogens (tertiary/aromatic N) is 4. The first-order valence-electron chi connectivity index (χ1n) is 8.80. The van der Waals surface area contributed by atoms with Crippen LogP contribution in [0.2, 0.25) is 0 Å². The summed E-state index contributed by atoms with van der Waals surface area (Å²) in [6.45, 7) is 7.22. The molecule has 8 heteroatoms. The van der Waals surface area contributed by atoms with E-state index in [2.05, 4.69) is 29.2 Å². The minimum Gasteiger partial charge on any atom is -0.469 e. The number of ether oxygens (including phenoxy) is 1. The SMILES string of the molecule is CC(C)NC(=NCCc1ccco1)N1CCOC(c2cnn(C)c2)C1.I. The molecule has 1 unspecified atom stereocenters. The summed E-state index contributed by atoms with van der Waals surface area (Å²) in [6, 6.07) is 4.22. The monoisotopic (exact) mass is 473 g/mol. The molecule has 2 aromatic heterocycles. The molecule has 0 spiro atoms. The fourth-order valence-corrected chi connectivity index (χ4v) is 2.87. The summed E-state index contributed by atoms with van der Waals surface area (Å²) >= 11 is 0. The van der Waals surface area contributed by atoms with Gasteiger partial charge in [-0.1, -0.05) is 0 Å². The van der Waals surface area contributed by atoms with Gasteiger partial charge in [0.25, 0.3) is 0 Å². The number of hydrogen-bond donors (Lipinski definition) is 1. The molecule has 0 bridgehead atoms. The van der Waals surface area contributed by atoms with Crippen LogP contribution in [0, 0.1) is 0 Å². The number of nitrogens with one attached hydrogen (secondary N) is 1. The lowest BCUT2D eigenvalue weighted by atomic mass is 10.1. The van der Waals surface area contributed by atoms with Crippen molar-refractivity contribution >= 4 is 29.9 Å². The van der Waals surface area contributed by atoms with Gasteiger partial charge in [0.05, 0.1) is 25.6 Å². The van der Waals surface area contributed by atoms with Crippen LogP contribution >= 0.6 is 24.0 Å². The van der Waals surface area contributed by atoms with Gasteiger partial charge < -0.3 is 19.4 Å². The quantitative estimate of drug-likeness (QED) is 0.411. The highest BCUT2D eigenvalue weighted by atomic mass is 127. The van der Waals surface area contributed by atoms with Gasteiger partial charge in [0.2, 0.25) is 0 Å². The van der Waals surface area contributed by atoms with Crippen LogP contribution in [0.25, 0.3) is 0 Å². The Morgan fingerprint density at radius 3 is 2.96 bits per heavy atom. The molecule has 144 valence electrons. The van der Waals surface area contributed by atoms with Crippen LogP contribution in [0.15, 0.2) is 40.2 Å². The molecule has 0 saturated carbocycles. The fourth-order valence-electron chi connectivity index (χ4n) is 2.87. The van der Waals surface area contributed by atoms with Crippen molar-refractivity contribution in [1.29, 1.82) is 0 Å². The Bertz CT molecular complexity index is 684. The number of aryl methyl sites for hydroxylation is 1. The lowest BCUT2D eigenvalue weighted by Gasteiger charge is -2.35. The maximum absolute atomic E-state index is 5.93. The summed E-state index contributed by atoms with van der Waals surface area (Å²) in [5, 5.41) is 7.73. The third kappa shape index (κ3) is 5.73. The molecule has 1 atom stereocenters. The summed E-state index contributed by atoms with van der Waals surface area (Å²) in [7, 11) is 1.92. The first-order chi connectivity index (χ1) is 12.1. The molecule has 1 aliphatic heterocycles. The van der Waals surface area contributed by atoms with E-state index in [9.17, 15) is 0 Å². The van der Waals surface area contributed by atoms with Crippen molar-refractivity contribution in [1.82, 2.24) is 20.0 Å². The van der Waals surface area contributed by atoms with E-state index in [1.807, 2.05) is 36.3 Å². The highest BCUT2D eigenvalue weighted by molar-refractivity contribution is 14.0. The largest absolute Gasteiger partial charge is 0.469 e. The zero-order chi connectivity index (χ0) is 17.6. The molecule has 0 aliphatic carbocycles. The average Bonchev–Trinajstić information content (AvgIpc) is 3.25. The summed E-state index contributed by atoms with van der Waals surface area (Å²) in [5.74, 6) is 1.89. The summed E-state index contributed by atoms with van der Waals surface area (Å²) in [6.07, 6.45) is 6.40. The zero-order valence-corrected chi connectivity index (χ0v) is 17.9. The maximum Gasteiger partial charge on any atom is 0.194 e. The molecule has 1 fully saturated rings. The number of aliphatic imine (C=N–C) groups is 1. The van der Waals surface area contributed by atoms with Crippen molar-refractivity contribution in [3.63, 3.8) is 0 Å². The van der Waals surface area contributed by atoms with Crippen LogP contribution < -0.4 is 5.32 Å². The highest BCUT2D eigenvalue weighted by Gasteiger charge is 2.25. The number of halogens is 1. The summed E-state index contributed by atoms with van der Waals surface area (Å²) in [4.78, 5) is 7.06. The number of aromatic nitrogens is 2. The molecule has 1 saturated heterocycles. The Morgan fingerprint density at radius 1 is 1.46 bits per heavy atom. The third-order valence-corrected chi connectivity index (χ3v) is 4.08. The van der Waals surface area contributed by atoms with Gasteiger partial charge in [0.15, 0.2) is 5.96 Å². The van der Waals surface area contributed by atoms with E-state index >= 15 is 0 Å². The molecule has 3 heterocycles. The molecule has 7 nitrogen and oxygen atoms in total. The normalized spacial score (nSPS) is 18.1. The molecule has 1 aliphatic rings. The molecule has 1 N–H and O–H groups in total. The average molecular weight is 473 g/mol. The van der Waals surface area contributed by atoms with Crippen molar-refractivity contribution in [2.75, 3.05) is 26.2 Å². The minimum absolute atomic E-state index is 0. The van der Waals surface area contributed by atoms with Crippen molar-refractivity contribution in [3.05, 3.63) is 42.1 Å². The highest BCUT2D eigenvalue weighted by Crippen LogP contribution is 2.21. The van der Waals surface area contributed by atoms with Crippen LogP contribution in [-0.4, -0.2) is 52.9 Å². The summed E-state index contributed by atoms with van der Waals surface area (Å²) < 4.78 is 13.1. The molecular weight excluding hydrogens is 445 g/mol. The van der Waals surface area contributed by atoms with E-state index in [0.29, 0.717) is 19.2 Å². The van der Waals surface area contributed by atoms with Gasteiger partial charge in [-0.15, -0.1) is 24.0 Å². The van der Waals surface area contributed by atoms with Gasteiger partial charge in [-0.05, 0) is 26.0 Å². The maximum atomic E-state index is 5.93. The first kappa shape index (κ1) is 20.8. The molecule has 0 amide bonds. The molecule has 2 aromatic rings. The van der Waals surface area contributed by atoms with E-state index in [4.69, 9.17) is 14.1 Å². The molecule has 0 radical (unpaired) electrons. The Kier molecular flexibility index (Phi) is 7.95. The van der Waals surface area contributed by atoms with Gasteiger partial charge in [0.1, 0.15) is 11.9 Å². The van der Waals surface area contributed by atoms with Gasteiger partial charge in [-0.25, -0.2) is 0 Å². The van der Waals surface area contributed by atoms with Crippen LogP contribution in [0.3, 0.4) is 0 Å². The molecule has 3 rings (SSSR count). The van der Waals surface area contributed by atoms with E-state index in [1.54, 1.807) is 6.26 Å². The minimum atomic E-state index is 0. The fraction of sp³-hybridized carbons (Fsp3) is 0.556. The van der Waals surface area contributed by atoms with Gasteiger partial charge >= 0.3 is 0 Å². The predicted molar refractivity (Wildman–Crippen MR) is 112 cm³/mol. The molecular formula is C18H28IN5O2. The molecule has 26 heavy (non-hydrogen) atoms. The van der Waals surface area contributed by atoms with Gasteiger partial charge in [0, 0.05) is 44.4 Å². The summed E-state index contributed by atoms with van der Waals surface area (Å²) in [5.41, 5.74) is 1.10. The van der Waals surface area contributed by atoms with Crippen molar-refractivity contribution in [3.8, 4) is 0 Å². The predicted octanol–water partition coefficient (Wildman–Crippen LogP) is 2.60. The smallest absolute Gasteiger partial charge is 0.194 e. The Morgan fingerprint density at radius 2 is 2.31 bits per heavy atom. The van der Waals surface area contributed by atoms with Crippen molar-refractivity contribution in [2.24, 2.45) is 12.0 Å². The third-order valence-electron chi connectivity index (χ3n) is 4.08. The number of furan rings is 1. The van der Waals surface area contributed by atoms with Crippen molar-refractivity contribution in [2.45, 2.75) is 32.4 Å². The van der Waals surface area contributed by atoms with E-state index in [0.717, 1.165) is 36.8 Å². The lowest BCUT2D eigenvalue weighted by Crippen LogP contribution is -2.50. The second kappa shape index (κ2) is 9.96. The topological polar surface area (TPSA) is 67.8 Å². The van der Waals surface area contributed by atoms with E-state index in [1.165, 1.54) is 0 Å². The standard InChI is InChI=1S/C18H27N5O2.HI/c1-14(2)21-18(19-7-6-16-5-4-9-24-16)23-8-10-25-17(13-23)15-11-20-22(3)12-15;/h4-5,9,11-12,14,17H,6-8,10,13H2,1-3H3,(H,19,21);1H. The van der Waals surface area contributed by atoms with Crippen LogP contribution in [0.5, 0.6) is 0 Å². The van der Waals surface area contributed by atoms with E-state index in [-0.39, 0.29) is 30.1 Å². The zero-order valence-electron chi connectivity index (χ0n) is 15.6. The lowest BCUT2D eigenvalue weighted by molar-refractivity contribution is -0.00820. The van der Waals surface area contributed by atoms with Crippen LogP contribution in [0.1, 0.15) is 31.3 Å². The van der Waals surface area contributed by atoms with Crippen molar-refractivity contribution < 1.29 is 9.15 Å². The second-order valence-corrected chi connectivity index (χ2v) is 6.59. The second-order valence-electron chi connectivity index (χ2n) is 6.59. The van der Waals surface area contributed by atoms with Crippen LogP contribution in [0.4, 0.5) is 0 Å². The van der Waals surface area contributed by atoms with Crippen LogP contribution in [-0.2, 0) is 18.2 Å². The van der Waals surface area contributed by atoms with E-state index < -0.39 is 0 Å². The van der Waals surface area contributed by atoms with Gasteiger partial charge in [-0.2, -0.15) is 5.10 Å². The number of hydrogen-bond acceptors (Lipinski definition) is 4. The molecule has 0 aromatic carbocycles. The Labute approximate surface area is 171 Å². The van der Waals surface area contributed by atoms with Gasteiger partial charge in [-0.3, -0.25) is 9.67 Å². The Balaban J connectivity index is 0.00000243.